The van der Waals surface area contributed by atoms with E-state index in [0.717, 1.165) is 18.8 Å². The molecule has 4 rings (SSSR count). The first kappa shape index (κ1) is 15.7. The normalized spacial score (nSPS) is 34.4. The minimum absolute atomic E-state index is 0.0771. The molecule has 1 amide bonds. The van der Waals surface area contributed by atoms with Gasteiger partial charge >= 0.3 is 6.09 Å². The van der Waals surface area contributed by atoms with Crippen molar-refractivity contribution in [1.82, 2.24) is 4.90 Å². The molecule has 4 atom stereocenters. The van der Waals surface area contributed by atoms with Crippen LogP contribution < -0.4 is 0 Å². The molecular weight excluding hydrogens is 304 g/mol. The van der Waals surface area contributed by atoms with E-state index >= 15 is 0 Å². The van der Waals surface area contributed by atoms with E-state index in [-0.39, 0.29) is 18.2 Å². The van der Waals surface area contributed by atoms with Crippen molar-refractivity contribution < 1.29 is 14.3 Å². The van der Waals surface area contributed by atoms with Crippen molar-refractivity contribution in [1.29, 1.82) is 0 Å². The molecule has 2 heterocycles. The topological polar surface area (TPSA) is 51.1 Å². The number of hydrogen-bond donors (Lipinski definition) is 0. The first-order valence-corrected chi connectivity index (χ1v) is 9.01. The number of aliphatic imine (C=N–C) groups is 1. The molecule has 24 heavy (non-hydrogen) atoms. The zero-order chi connectivity index (χ0) is 16.9. The maximum absolute atomic E-state index is 12.4. The highest BCUT2D eigenvalue weighted by Gasteiger charge is 2.40. The van der Waals surface area contributed by atoms with E-state index in [2.05, 4.69) is 18.2 Å². The van der Waals surface area contributed by atoms with Gasteiger partial charge in [-0.1, -0.05) is 18.2 Å². The molecule has 1 saturated heterocycles. The van der Waals surface area contributed by atoms with E-state index in [1.165, 1.54) is 12.0 Å². The minimum atomic E-state index is -0.483. The second-order valence-corrected chi connectivity index (χ2v) is 8.22. The van der Waals surface area contributed by atoms with Crippen LogP contribution in [0.5, 0.6) is 0 Å². The molecule has 0 spiro atoms. The van der Waals surface area contributed by atoms with Gasteiger partial charge in [-0.3, -0.25) is 4.90 Å². The fourth-order valence-electron chi connectivity index (χ4n) is 3.72. The lowest BCUT2D eigenvalue weighted by atomic mass is 10.0. The summed E-state index contributed by atoms with van der Waals surface area (Å²) < 4.78 is 11.4. The Bertz CT molecular complexity index is 629. The standard InChI is InChI=1S/C19H26N2O3/c1-19(2,3)24-18(22)21-8-4-5-16(21)17-20-15(11-23-17)13-7-6-12-9-14(12)10-13/h6-7,10,12,14-16H,4-5,8-9,11H2,1-3H3/t12?,14?,15-,16-/m0/s1. The minimum Gasteiger partial charge on any atom is -0.477 e. The Kier molecular flexibility index (Phi) is 3.70. The van der Waals surface area contributed by atoms with Crippen LogP contribution in [0.1, 0.15) is 40.0 Å². The van der Waals surface area contributed by atoms with Gasteiger partial charge in [-0.15, -0.1) is 0 Å². The van der Waals surface area contributed by atoms with Gasteiger partial charge in [-0.05, 0) is 57.4 Å². The molecule has 0 aromatic rings. The zero-order valence-corrected chi connectivity index (χ0v) is 14.7. The molecule has 4 aliphatic rings. The van der Waals surface area contributed by atoms with Crippen molar-refractivity contribution in [3.8, 4) is 0 Å². The van der Waals surface area contributed by atoms with Crippen molar-refractivity contribution in [3.63, 3.8) is 0 Å². The molecule has 0 N–H and O–H groups in total. The number of hydrogen-bond acceptors (Lipinski definition) is 4. The molecular formula is C19H26N2O3. The van der Waals surface area contributed by atoms with Crippen LogP contribution in [0, 0.1) is 11.8 Å². The van der Waals surface area contributed by atoms with Gasteiger partial charge in [0.25, 0.3) is 0 Å². The summed E-state index contributed by atoms with van der Waals surface area (Å²) in [4.78, 5) is 19.0. The van der Waals surface area contributed by atoms with E-state index in [1.54, 1.807) is 4.90 Å². The molecule has 130 valence electrons. The summed E-state index contributed by atoms with van der Waals surface area (Å²) >= 11 is 0. The van der Waals surface area contributed by atoms with Gasteiger partial charge in [0.1, 0.15) is 24.3 Å². The van der Waals surface area contributed by atoms with Gasteiger partial charge < -0.3 is 9.47 Å². The molecule has 0 radical (unpaired) electrons. The number of nitrogens with zero attached hydrogens (tertiary/aromatic N) is 2. The van der Waals surface area contributed by atoms with Crippen LogP contribution in [0.15, 0.2) is 28.8 Å². The number of ether oxygens (including phenoxy) is 2. The van der Waals surface area contributed by atoms with E-state index < -0.39 is 5.60 Å². The van der Waals surface area contributed by atoms with Crippen LogP contribution in [0.3, 0.4) is 0 Å². The van der Waals surface area contributed by atoms with E-state index in [0.29, 0.717) is 25.0 Å². The lowest BCUT2D eigenvalue weighted by molar-refractivity contribution is 0.0254. The Balaban J connectivity index is 1.46. The molecule has 0 aromatic carbocycles. The van der Waals surface area contributed by atoms with E-state index in [4.69, 9.17) is 14.5 Å². The second kappa shape index (κ2) is 5.64. The van der Waals surface area contributed by atoms with E-state index in [1.807, 2.05) is 20.8 Å². The summed E-state index contributed by atoms with van der Waals surface area (Å²) in [6.07, 6.45) is 9.72. The third-order valence-corrected chi connectivity index (χ3v) is 5.06. The van der Waals surface area contributed by atoms with Crippen LogP contribution >= 0.6 is 0 Å². The average Bonchev–Trinajstić information content (AvgIpc) is 2.93. The quantitative estimate of drug-likeness (QED) is 0.780. The average molecular weight is 330 g/mol. The summed E-state index contributed by atoms with van der Waals surface area (Å²) in [6.45, 7) is 6.97. The molecule has 2 aliphatic carbocycles. The van der Waals surface area contributed by atoms with Gasteiger partial charge in [-0.2, -0.15) is 0 Å². The maximum Gasteiger partial charge on any atom is 0.410 e. The maximum atomic E-state index is 12.4. The smallest absolute Gasteiger partial charge is 0.410 e. The van der Waals surface area contributed by atoms with Crippen molar-refractivity contribution >= 4 is 12.0 Å². The van der Waals surface area contributed by atoms with Gasteiger partial charge in [0.2, 0.25) is 5.90 Å². The molecule has 2 unspecified atom stereocenters. The predicted molar refractivity (Wildman–Crippen MR) is 92.0 cm³/mol. The van der Waals surface area contributed by atoms with Crippen LogP contribution in [0.2, 0.25) is 0 Å². The predicted octanol–water partition coefficient (Wildman–Crippen LogP) is 3.32. The number of carbonyl (C=O) groups excluding carboxylic acids is 1. The number of allylic oxidation sites excluding steroid dienone is 2. The van der Waals surface area contributed by atoms with Crippen molar-refractivity contribution in [2.24, 2.45) is 16.8 Å². The number of amides is 1. The summed E-state index contributed by atoms with van der Waals surface area (Å²) in [6, 6.07) is 0.00517. The van der Waals surface area contributed by atoms with Crippen molar-refractivity contribution in [2.45, 2.75) is 57.7 Å². The molecule has 1 saturated carbocycles. The van der Waals surface area contributed by atoms with Gasteiger partial charge in [0.15, 0.2) is 0 Å². The first-order chi connectivity index (χ1) is 11.4. The third-order valence-electron chi connectivity index (χ3n) is 5.06. The SMILES string of the molecule is CC(C)(C)OC(=O)N1CCC[C@H]1C1=N[C@H](C2=CC3CC3C=C2)CO1. The van der Waals surface area contributed by atoms with E-state index in [9.17, 15) is 4.79 Å². The Labute approximate surface area is 143 Å². The highest BCUT2D eigenvalue weighted by Crippen LogP contribution is 2.45. The first-order valence-electron chi connectivity index (χ1n) is 9.01. The summed E-state index contributed by atoms with van der Waals surface area (Å²) in [5.74, 6) is 2.18. The molecule has 0 bridgehead atoms. The van der Waals surface area contributed by atoms with Crippen LogP contribution in [-0.2, 0) is 9.47 Å². The second-order valence-electron chi connectivity index (χ2n) is 8.22. The molecule has 0 aromatic heterocycles. The Morgan fingerprint density at radius 1 is 1.38 bits per heavy atom. The third kappa shape index (κ3) is 3.08. The molecule has 2 aliphatic heterocycles. The highest BCUT2D eigenvalue weighted by molar-refractivity contribution is 5.87. The van der Waals surface area contributed by atoms with Gasteiger partial charge in [0, 0.05) is 6.54 Å². The fraction of sp³-hybridized carbons (Fsp3) is 0.684. The molecule has 5 heteroatoms. The van der Waals surface area contributed by atoms with Crippen LogP contribution in [0.25, 0.3) is 0 Å². The largest absolute Gasteiger partial charge is 0.477 e. The van der Waals surface area contributed by atoms with Crippen LogP contribution in [-0.4, -0.2) is 47.7 Å². The Morgan fingerprint density at radius 2 is 2.21 bits per heavy atom. The number of rotatable bonds is 2. The number of fused-ring (bicyclic) bond motifs is 1. The van der Waals surface area contributed by atoms with Crippen molar-refractivity contribution in [3.05, 3.63) is 23.8 Å². The van der Waals surface area contributed by atoms with Crippen molar-refractivity contribution in [2.75, 3.05) is 13.2 Å². The van der Waals surface area contributed by atoms with Crippen LogP contribution in [0.4, 0.5) is 4.79 Å². The highest BCUT2D eigenvalue weighted by atomic mass is 16.6. The Morgan fingerprint density at radius 3 is 2.96 bits per heavy atom. The lowest BCUT2D eigenvalue weighted by Crippen LogP contribution is -2.43. The monoisotopic (exact) mass is 330 g/mol. The fourth-order valence-corrected chi connectivity index (χ4v) is 3.72. The zero-order valence-electron chi connectivity index (χ0n) is 14.7. The number of carbonyl (C=O) groups is 1. The van der Waals surface area contributed by atoms with Gasteiger partial charge in [-0.25, -0.2) is 9.79 Å². The Hall–Kier alpha value is -1.78. The summed E-state index contributed by atoms with van der Waals surface area (Å²) in [5.41, 5.74) is 0.787. The lowest BCUT2D eigenvalue weighted by Gasteiger charge is -2.28. The number of likely N-dealkylation sites (tertiary alicyclic amines) is 1. The summed E-state index contributed by atoms with van der Waals surface area (Å²) in [5, 5.41) is 0. The summed E-state index contributed by atoms with van der Waals surface area (Å²) in [7, 11) is 0. The molecule has 5 nitrogen and oxygen atoms in total. The van der Waals surface area contributed by atoms with Gasteiger partial charge in [0.05, 0.1) is 0 Å². The molecule has 2 fully saturated rings.